The highest BCUT2D eigenvalue weighted by atomic mass is 16.6. The van der Waals surface area contributed by atoms with E-state index in [0.717, 1.165) is 71.6 Å². The van der Waals surface area contributed by atoms with Crippen molar-refractivity contribution >= 4 is 22.6 Å². The van der Waals surface area contributed by atoms with Crippen LogP contribution in [0.4, 0.5) is 5.82 Å². The second kappa shape index (κ2) is 9.46. The van der Waals surface area contributed by atoms with Crippen LogP contribution in [0.5, 0.6) is 5.75 Å². The van der Waals surface area contributed by atoms with Crippen molar-refractivity contribution in [2.45, 2.75) is 38.2 Å². The molecule has 1 spiro atoms. The number of likely N-dealkylation sites (tertiary alicyclic amines) is 1. The topological polar surface area (TPSA) is 90.7 Å². The van der Waals surface area contributed by atoms with Gasteiger partial charge < -0.3 is 24.1 Å². The van der Waals surface area contributed by atoms with Gasteiger partial charge in [-0.1, -0.05) is 0 Å². The number of rotatable bonds is 6. The fourth-order valence-corrected chi connectivity index (χ4v) is 5.72. The van der Waals surface area contributed by atoms with E-state index in [9.17, 15) is 4.79 Å². The second-order valence-electron chi connectivity index (χ2n) is 10.0. The summed E-state index contributed by atoms with van der Waals surface area (Å²) in [5.41, 5.74) is 4.31. The minimum atomic E-state index is -0.524. The molecule has 3 aromatic heterocycles. The first-order valence-corrected chi connectivity index (χ1v) is 12.9. The Bertz CT molecular complexity index is 1290. The summed E-state index contributed by atoms with van der Waals surface area (Å²) in [6.45, 7) is 7.17. The molecule has 1 N–H and O–H groups in total. The van der Waals surface area contributed by atoms with E-state index in [2.05, 4.69) is 27.5 Å². The summed E-state index contributed by atoms with van der Waals surface area (Å²) in [7, 11) is 1.99. The van der Waals surface area contributed by atoms with E-state index >= 15 is 0 Å². The number of carbonyl (C=O) groups excluding carboxylic acids is 1. The first-order chi connectivity index (χ1) is 17.5. The fraction of sp³-hybridized carbons (Fsp3) is 0.519. The van der Waals surface area contributed by atoms with Crippen LogP contribution in [0.1, 0.15) is 37.4 Å². The SMILES string of the molecule is CC(=O)Nc1cc2c(-c3cc(OCCN4CCCC4)c4c(n3)C3(CCOC3)OCC4)cn(C)c2cn1. The van der Waals surface area contributed by atoms with Gasteiger partial charge in [0.15, 0.2) is 0 Å². The summed E-state index contributed by atoms with van der Waals surface area (Å²) in [6, 6.07) is 3.98. The lowest BCUT2D eigenvalue weighted by atomic mass is 9.89. The van der Waals surface area contributed by atoms with Crippen LogP contribution < -0.4 is 10.1 Å². The van der Waals surface area contributed by atoms with Gasteiger partial charge in [-0.3, -0.25) is 9.69 Å². The number of amides is 1. The molecule has 0 radical (unpaired) electrons. The number of aryl methyl sites for hydroxylation is 1. The van der Waals surface area contributed by atoms with Gasteiger partial charge in [-0.2, -0.15) is 0 Å². The minimum Gasteiger partial charge on any atom is -0.492 e. The molecule has 36 heavy (non-hydrogen) atoms. The summed E-state index contributed by atoms with van der Waals surface area (Å²) in [5, 5.41) is 3.77. The van der Waals surface area contributed by atoms with Gasteiger partial charge in [-0.05, 0) is 32.0 Å². The van der Waals surface area contributed by atoms with Crippen LogP contribution in [0.3, 0.4) is 0 Å². The summed E-state index contributed by atoms with van der Waals surface area (Å²) < 4.78 is 20.6. The highest BCUT2D eigenvalue weighted by molar-refractivity contribution is 5.98. The Morgan fingerprint density at radius 2 is 2.11 bits per heavy atom. The van der Waals surface area contributed by atoms with Crippen molar-refractivity contribution in [1.82, 2.24) is 19.4 Å². The molecule has 1 amide bonds. The van der Waals surface area contributed by atoms with Gasteiger partial charge in [0.05, 0.1) is 36.3 Å². The largest absolute Gasteiger partial charge is 0.492 e. The maximum atomic E-state index is 11.6. The van der Waals surface area contributed by atoms with Gasteiger partial charge in [0.2, 0.25) is 5.91 Å². The molecule has 2 saturated heterocycles. The Hall–Kier alpha value is -3.01. The third kappa shape index (κ3) is 4.25. The maximum Gasteiger partial charge on any atom is 0.222 e. The molecule has 2 fully saturated rings. The van der Waals surface area contributed by atoms with Crippen LogP contribution >= 0.6 is 0 Å². The van der Waals surface area contributed by atoms with Gasteiger partial charge in [0, 0.05) is 68.7 Å². The third-order valence-electron chi connectivity index (χ3n) is 7.55. The van der Waals surface area contributed by atoms with Crippen molar-refractivity contribution in [3.8, 4) is 17.0 Å². The smallest absolute Gasteiger partial charge is 0.222 e. The molecule has 0 aromatic carbocycles. The van der Waals surface area contributed by atoms with E-state index in [-0.39, 0.29) is 5.91 Å². The van der Waals surface area contributed by atoms with Crippen molar-refractivity contribution in [2.75, 3.05) is 51.4 Å². The number of aromatic nitrogens is 3. The van der Waals surface area contributed by atoms with E-state index < -0.39 is 5.60 Å². The van der Waals surface area contributed by atoms with Crippen LogP contribution in [-0.4, -0.2) is 71.4 Å². The molecule has 9 nitrogen and oxygen atoms in total. The molecule has 0 bridgehead atoms. The summed E-state index contributed by atoms with van der Waals surface area (Å²) in [4.78, 5) is 23.7. The highest BCUT2D eigenvalue weighted by Crippen LogP contribution is 2.44. The minimum absolute atomic E-state index is 0.153. The normalized spacial score (nSPS) is 21.8. The molecule has 0 aliphatic carbocycles. The van der Waals surface area contributed by atoms with Crippen molar-refractivity contribution < 1.29 is 19.0 Å². The number of ether oxygens (including phenoxy) is 3. The summed E-state index contributed by atoms with van der Waals surface area (Å²) in [6.07, 6.45) is 7.95. The lowest BCUT2D eigenvalue weighted by Crippen LogP contribution is -2.37. The molecule has 190 valence electrons. The number of anilines is 1. The van der Waals surface area contributed by atoms with Crippen molar-refractivity contribution in [1.29, 1.82) is 0 Å². The van der Waals surface area contributed by atoms with E-state index in [1.165, 1.54) is 19.8 Å². The molecule has 9 heteroatoms. The van der Waals surface area contributed by atoms with Crippen LogP contribution in [0.25, 0.3) is 22.2 Å². The number of hydrogen-bond acceptors (Lipinski definition) is 7. The second-order valence-corrected chi connectivity index (χ2v) is 10.0. The number of nitrogens with one attached hydrogen (secondary N) is 1. The van der Waals surface area contributed by atoms with E-state index in [1.54, 1.807) is 6.20 Å². The molecular formula is C27H33N5O4. The zero-order valence-electron chi connectivity index (χ0n) is 21.0. The standard InChI is InChI=1S/C27H33N5O4/c1-18(33)29-25-13-20-21(16-31(2)23(20)15-28-25)22-14-24(35-12-9-32-7-3-4-8-32)19-5-10-36-27(26(19)30-22)6-11-34-17-27/h13-16H,3-12,17H2,1-2H3,(H,28,29,33). The molecule has 6 heterocycles. The quantitative estimate of drug-likeness (QED) is 0.566. The number of fused-ring (bicyclic) bond motifs is 3. The van der Waals surface area contributed by atoms with Crippen LogP contribution in [0.2, 0.25) is 0 Å². The summed E-state index contributed by atoms with van der Waals surface area (Å²) >= 11 is 0. The Morgan fingerprint density at radius 1 is 1.25 bits per heavy atom. The van der Waals surface area contributed by atoms with E-state index in [4.69, 9.17) is 19.2 Å². The molecule has 0 saturated carbocycles. The van der Waals surface area contributed by atoms with Gasteiger partial charge in [-0.15, -0.1) is 0 Å². The predicted molar refractivity (Wildman–Crippen MR) is 136 cm³/mol. The summed E-state index contributed by atoms with van der Waals surface area (Å²) in [5.74, 6) is 1.25. The van der Waals surface area contributed by atoms with Crippen molar-refractivity contribution in [2.24, 2.45) is 7.05 Å². The zero-order valence-corrected chi connectivity index (χ0v) is 21.0. The van der Waals surface area contributed by atoms with E-state index in [1.807, 2.05) is 17.7 Å². The van der Waals surface area contributed by atoms with Gasteiger partial charge >= 0.3 is 0 Å². The monoisotopic (exact) mass is 491 g/mol. The molecule has 3 aliphatic heterocycles. The highest BCUT2D eigenvalue weighted by Gasteiger charge is 2.44. The van der Waals surface area contributed by atoms with E-state index in [0.29, 0.717) is 32.2 Å². The Labute approximate surface area is 210 Å². The Balaban J connectivity index is 1.44. The number of pyridine rings is 2. The lowest BCUT2D eigenvalue weighted by Gasteiger charge is -2.34. The first kappa shape index (κ1) is 23.4. The average molecular weight is 492 g/mol. The van der Waals surface area contributed by atoms with Gasteiger partial charge in [-0.25, -0.2) is 9.97 Å². The Kier molecular flexibility index (Phi) is 6.15. The molecule has 3 aliphatic rings. The van der Waals surface area contributed by atoms with Crippen LogP contribution in [0, 0.1) is 0 Å². The Morgan fingerprint density at radius 3 is 2.89 bits per heavy atom. The van der Waals surface area contributed by atoms with Crippen LogP contribution in [-0.2, 0) is 33.3 Å². The van der Waals surface area contributed by atoms with Crippen molar-refractivity contribution in [3.05, 3.63) is 35.8 Å². The molecule has 1 atom stereocenters. The molecule has 3 aromatic rings. The lowest BCUT2D eigenvalue weighted by molar-refractivity contribution is -0.114. The average Bonchev–Trinajstić information content (AvgIpc) is 3.61. The van der Waals surface area contributed by atoms with Crippen LogP contribution in [0.15, 0.2) is 24.5 Å². The van der Waals surface area contributed by atoms with Gasteiger partial charge in [0.1, 0.15) is 23.8 Å². The van der Waals surface area contributed by atoms with Crippen molar-refractivity contribution in [3.63, 3.8) is 0 Å². The predicted octanol–water partition coefficient (Wildman–Crippen LogP) is 3.26. The molecule has 6 rings (SSSR count). The third-order valence-corrected chi connectivity index (χ3v) is 7.55. The maximum absolute atomic E-state index is 11.6. The molecule has 1 unspecified atom stereocenters. The fourth-order valence-electron chi connectivity index (χ4n) is 5.72. The first-order valence-electron chi connectivity index (χ1n) is 12.9. The number of carbonyl (C=O) groups is 1. The number of nitrogens with zero attached hydrogens (tertiary/aromatic N) is 4. The number of hydrogen-bond donors (Lipinski definition) is 1. The zero-order chi connectivity index (χ0) is 24.7. The van der Waals surface area contributed by atoms with Gasteiger partial charge in [0.25, 0.3) is 0 Å². The molecular weight excluding hydrogens is 458 g/mol.